The number of rotatable bonds is 0. The summed E-state index contributed by atoms with van der Waals surface area (Å²) in [4.78, 5) is 0. The third kappa shape index (κ3) is 1.22. The lowest BCUT2D eigenvalue weighted by Crippen LogP contribution is -2.11. The fraction of sp³-hybridized carbons (Fsp3) is 0.500. The minimum atomic E-state index is 0.675. The van der Waals surface area contributed by atoms with Crippen LogP contribution in [0.1, 0.15) is 17.9 Å². The Bertz CT molecular complexity index is 337. The predicted molar refractivity (Wildman–Crippen MR) is 55.7 cm³/mol. The summed E-state index contributed by atoms with van der Waals surface area (Å²) in [6, 6.07) is 8.48. The second-order valence-electron chi connectivity index (χ2n) is 4.20. The zero-order valence-electron chi connectivity index (χ0n) is 8.20. The van der Waals surface area contributed by atoms with E-state index in [0.717, 1.165) is 31.4 Å². The number of fused-ring (bicyclic) bond motifs is 3. The minimum Gasteiger partial charge on any atom is -0.493 e. The van der Waals surface area contributed by atoms with E-state index in [9.17, 15) is 0 Å². The lowest BCUT2D eigenvalue weighted by atomic mass is 9.87. The lowest BCUT2D eigenvalue weighted by molar-refractivity contribution is 0.296. The van der Waals surface area contributed by atoms with Crippen LogP contribution in [0.2, 0.25) is 0 Å². The van der Waals surface area contributed by atoms with E-state index in [1.54, 1.807) is 0 Å². The molecule has 1 aromatic rings. The maximum atomic E-state index is 5.76. The fourth-order valence-corrected chi connectivity index (χ4v) is 2.64. The number of para-hydroxylation sites is 1. The molecule has 0 amide bonds. The summed E-state index contributed by atoms with van der Waals surface area (Å²) in [5.41, 5.74) is 1.40. The molecule has 0 aliphatic carbocycles. The number of hydrogen-bond acceptors (Lipinski definition) is 2. The molecule has 0 aromatic heterocycles. The van der Waals surface area contributed by atoms with Gasteiger partial charge in [-0.1, -0.05) is 18.2 Å². The maximum absolute atomic E-state index is 5.76. The van der Waals surface area contributed by atoms with E-state index in [4.69, 9.17) is 4.74 Å². The summed E-state index contributed by atoms with van der Waals surface area (Å²) in [5.74, 6) is 2.55. The Morgan fingerprint density at radius 3 is 3.14 bits per heavy atom. The Morgan fingerprint density at radius 2 is 2.14 bits per heavy atom. The van der Waals surface area contributed by atoms with Gasteiger partial charge in [-0.2, -0.15) is 0 Å². The van der Waals surface area contributed by atoms with Crippen LogP contribution >= 0.6 is 0 Å². The van der Waals surface area contributed by atoms with Crippen molar-refractivity contribution in [2.75, 3.05) is 19.7 Å². The first-order valence-electron chi connectivity index (χ1n) is 5.37. The largest absolute Gasteiger partial charge is 0.493 e. The third-order valence-electron chi connectivity index (χ3n) is 3.40. The molecule has 2 nitrogen and oxygen atoms in total. The predicted octanol–water partition coefficient (Wildman–Crippen LogP) is 1.77. The highest BCUT2D eigenvalue weighted by Crippen LogP contribution is 2.38. The molecule has 1 aromatic carbocycles. The van der Waals surface area contributed by atoms with Crippen molar-refractivity contribution in [3.63, 3.8) is 0 Å². The van der Waals surface area contributed by atoms with Gasteiger partial charge in [0.2, 0.25) is 0 Å². The molecule has 0 bridgehead atoms. The van der Waals surface area contributed by atoms with Crippen LogP contribution in [-0.2, 0) is 0 Å². The summed E-state index contributed by atoms with van der Waals surface area (Å²) >= 11 is 0. The molecular weight excluding hydrogens is 174 g/mol. The first-order chi connectivity index (χ1) is 6.95. The molecule has 2 heterocycles. The zero-order chi connectivity index (χ0) is 9.38. The summed E-state index contributed by atoms with van der Waals surface area (Å²) in [6.07, 6.45) is 1.19. The first kappa shape index (κ1) is 8.30. The van der Waals surface area contributed by atoms with Crippen molar-refractivity contribution < 1.29 is 4.74 Å². The number of nitrogens with one attached hydrogen (secondary N) is 1. The summed E-state index contributed by atoms with van der Waals surface area (Å²) in [7, 11) is 0. The fourth-order valence-electron chi connectivity index (χ4n) is 2.64. The van der Waals surface area contributed by atoms with Gasteiger partial charge < -0.3 is 10.1 Å². The number of hydrogen-bond donors (Lipinski definition) is 1. The molecule has 1 N–H and O–H groups in total. The van der Waals surface area contributed by atoms with E-state index < -0.39 is 0 Å². The van der Waals surface area contributed by atoms with Gasteiger partial charge in [0, 0.05) is 12.5 Å². The van der Waals surface area contributed by atoms with E-state index >= 15 is 0 Å². The van der Waals surface area contributed by atoms with Crippen LogP contribution in [0, 0.1) is 5.92 Å². The molecule has 0 radical (unpaired) electrons. The van der Waals surface area contributed by atoms with Crippen LogP contribution < -0.4 is 10.1 Å². The van der Waals surface area contributed by atoms with Crippen LogP contribution in [0.15, 0.2) is 24.3 Å². The summed E-state index contributed by atoms with van der Waals surface area (Å²) < 4.78 is 5.76. The highest BCUT2D eigenvalue weighted by Gasteiger charge is 2.32. The average molecular weight is 189 g/mol. The van der Waals surface area contributed by atoms with Gasteiger partial charge in [0.1, 0.15) is 5.75 Å². The van der Waals surface area contributed by atoms with E-state index in [0.29, 0.717) is 5.92 Å². The molecule has 2 aliphatic rings. The van der Waals surface area contributed by atoms with Crippen LogP contribution in [-0.4, -0.2) is 19.7 Å². The second kappa shape index (κ2) is 3.28. The molecule has 2 heteroatoms. The van der Waals surface area contributed by atoms with Crippen LogP contribution in [0.5, 0.6) is 5.75 Å². The monoisotopic (exact) mass is 189 g/mol. The molecule has 1 saturated heterocycles. The summed E-state index contributed by atoms with van der Waals surface area (Å²) in [5, 5.41) is 3.48. The highest BCUT2D eigenvalue weighted by atomic mass is 16.5. The van der Waals surface area contributed by atoms with Crippen molar-refractivity contribution in [1.82, 2.24) is 5.32 Å². The quantitative estimate of drug-likeness (QED) is 0.671. The van der Waals surface area contributed by atoms with Crippen molar-refractivity contribution >= 4 is 0 Å². The van der Waals surface area contributed by atoms with Gasteiger partial charge in [-0.3, -0.25) is 0 Å². The molecule has 3 rings (SSSR count). The van der Waals surface area contributed by atoms with Gasteiger partial charge in [0.25, 0.3) is 0 Å². The number of ether oxygens (including phenoxy) is 1. The number of benzene rings is 1. The van der Waals surface area contributed by atoms with E-state index in [-0.39, 0.29) is 0 Å². The van der Waals surface area contributed by atoms with Gasteiger partial charge in [-0.25, -0.2) is 0 Å². The Hall–Kier alpha value is -1.02. The van der Waals surface area contributed by atoms with Crippen LogP contribution in [0.25, 0.3) is 0 Å². The first-order valence-corrected chi connectivity index (χ1v) is 5.37. The van der Waals surface area contributed by atoms with Gasteiger partial charge in [0.05, 0.1) is 6.61 Å². The molecule has 0 saturated carbocycles. The van der Waals surface area contributed by atoms with Gasteiger partial charge in [-0.15, -0.1) is 0 Å². The zero-order valence-corrected chi connectivity index (χ0v) is 8.20. The smallest absolute Gasteiger partial charge is 0.122 e. The third-order valence-corrected chi connectivity index (χ3v) is 3.40. The Labute approximate surface area is 84.3 Å². The molecule has 0 spiro atoms. The molecule has 14 heavy (non-hydrogen) atoms. The Morgan fingerprint density at radius 1 is 1.21 bits per heavy atom. The topological polar surface area (TPSA) is 21.3 Å². The molecule has 2 aliphatic heterocycles. The molecule has 2 unspecified atom stereocenters. The van der Waals surface area contributed by atoms with Crippen molar-refractivity contribution in [2.45, 2.75) is 12.3 Å². The second-order valence-corrected chi connectivity index (χ2v) is 4.20. The van der Waals surface area contributed by atoms with Crippen molar-refractivity contribution in [3.05, 3.63) is 29.8 Å². The van der Waals surface area contributed by atoms with E-state index in [2.05, 4.69) is 29.6 Å². The molecular formula is C12H15NO. The standard InChI is InChI=1S/C12H15NO/c1-2-4-12-10(3-1)11-8-13-7-9(11)5-6-14-12/h1-4,9,11,13H,5-8H2. The normalized spacial score (nSPS) is 30.0. The van der Waals surface area contributed by atoms with E-state index in [1.165, 1.54) is 12.0 Å². The van der Waals surface area contributed by atoms with Crippen molar-refractivity contribution in [2.24, 2.45) is 5.92 Å². The maximum Gasteiger partial charge on any atom is 0.122 e. The molecule has 2 atom stereocenters. The van der Waals surface area contributed by atoms with Crippen molar-refractivity contribution in [3.8, 4) is 5.75 Å². The molecule has 74 valence electrons. The highest BCUT2D eigenvalue weighted by molar-refractivity contribution is 5.38. The SMILES string of the molecule is c1ccc2c(c1)OCCC1CNCC21. The summed E-state index contributed by atoms with van der Waals surface area (Å²) in [6.45, 7) is 3.15. The van der Waals surface area contributed by atoms with Gasteiger partial charge in [0.15, 0.2) is 0 Å². The average Bonchev–Trinajstić information content (AvgIpc) is 2.61. The van der Waals surface area contributed by atoms with E-state index in [1.807, 2.05) is 0 Å². The van der Waals surface area contributed by atoms with Crippen LogP contribution in [0.3, 0.4) is 0 Å². The lowest BCUT2D eigenvalue weighted by Gasteiger charge is -2.15. The van der Waals surface area contributed by atoms with Crippen molar-refractivity contribution in [1.29, 1.82) is 0 Å². The van der Waals surface area contributed by atoms with Gasteiger partial charge in [-0.05, 0) is 30.5 Å². The Balaban J connectivity index is 2.04. The van der Waals surface area contributed by atoms with Gasteiger partial charge >= 0.3 is 0 Å². The molecule has 1 fully saturated rings. The van der Waals surface area contributed by atoms with Crippen LogP contribution in [0.4, 0.5) is 0 Å². The minimum absolute atomic E-state index is 0.675. The Kier molecular flexibility index (Phi) is 1.95.